The molecule has 1 aliphatic rings. The van der Waals surface area contributed by atoms with Crippen LogP contribution in [0.1, 0.15) is 72.6 Å². The summed E-state index contributed by atoms with van der Waals surface area (Å²) in [6.45, 7) is 2.85. The summed E-state index contributed by atoms with van der Waals surface area (Å²) < 4.78 is 5.70. The second kappa shape index (κ2) is 11.9. The lowest BCUT2D eigenvalue weighted by Crippen LogP contribution is -2.41. The van der Waals surface area contributed by atoms with Crippen LogP contribution in [0, 0.1) is 5.92 Å². The Hall–Kier alpha value is -3.35. The molecule has 0 atom stereocenters. The maximum absolute atomic E-state index is 12.3. The van der Waals surface area contributed by atoms with E-state index in [4.69, 9.17) is 4.74 Å². The number of rotatable bonds is 11. The van der Waals surface area contributed by atoms with Gasteiger partial charge in [-0.15, -0.1) is 0 Å². The van der Waals surface area contributed by atoms with Gasteiger partial charge in [0.2, 0.25) is 5.91 Å². The van der Waals surface area contributed by atoms with Gasteiger partial charge in [0, 0.05) is 22.7 Å². The summed E-state index contributed by atoms with van der Waals surface area (Å²) in [4.78, 5) is 36.3. The average molecular weight is 438 g/mol. The minimum absolute atomic E-state index is 0.0119. The summed E-state index contributed by atoms with van der Waals surface area (Å²) in [7, 11) is 0. The molecule has 170 valence electrons. The van der Waals surface area contributed by atoms with Crippen LogP contribution >= 0.6 is 0 Å². The van der Waals surface area contributed by atoms with Gasteiger partial charge >= 0.3 is 0 Å². The Bertz CT molecular complexity index is 906. The number of hydrogen-bond acceptors (Lipinski definition) is 4. The van der Waals surface area contributed by atoms with E-state index < -0.39 is 11.8 Å². The molecule has 0 aliphatic heterocycles. The van der Waals surface area contributed by atoms with Crippen molar-refractivity contribution in [1.82, 2.24) is 10.9 Å². The van der Waals surface area contributed by atoms with Gasteiger partial charge in [-0.2, -0.15) is 0 Å². The molecule has 2 aromatic rings. The second-order valence-corrected chi connectivity index (χ2v) is 8.04. The number of unbranched alkanes of at least 4 members (excludes halogenated alkanes) is 4. The normalized spacial score (nSPS) is 12.7. The van der Waals surface area contributed by atoms with E-state index in [1.807, 2.05) is 0 Å². The van der Waals surface area contributed by atoms with Gasteiger partial charge in [0.25, 0.3) is 11.8 Å². The van der Waals surface area contributed by atoms with E-state index in [-0.39, 0.29) is 11.8 Å². The number of benzene rings is 2. The molecule has 3 N–H and O–H groups in total. The maximum Gasteiger partial charge on any atom is 0.269 e. The Balaban J connectivity index is 1.39. The molecule has 0 heterocycles. The quantitative estimate of drug-likeness (QED) is 0.357. The minimum atomic E-state index is -0.443. The Labute approximate surface area is 188 Å². The number of ether oxygens (including phenoxy) is 1. The molecule has 3 rings (SSSR count). The number of hydrogen-bond donors (Lipinski definition) is 3. The number of carbonyl (C=O) groups excluding carboxylic acids is 3. The number of nitrogens with one attached hydrogen (secondary N) is 3. The van der Waals surface area contributed by atoms with Gasteiger partial charge in [-0.05, 0) is 67.8 Å². The molecule has 0 spiro atoms. The van der Waals surface area contributed by atoms with Gasteiger partial charge in [0.1, 0.15) is 5.75 Å². The zero-order chi connectivity index (χ0) is 22.8. The first-order valence-electron chi connectivity index (χ1n) is 11.3. The van der Waals surface area contributed by atoms with Crippen LogP contribution in [0.15, 0.2) is 48.5 Å². The maximum atomic E-state index is 12.3. The van der Waals surface area contributed by atoms with Crippen LogP contribution in [-0.4, -0.2) is 24.3 Å². The fraction of sp³-hybridized carbons (Fsp3) is 0.400. The minimum Gasteiger partial charge on any atom is -0.494 e. The van der Waals surface area contributed by atoms with Crippen LogP contribution in [-0.2, 0) is 4.79 Å². The molecule has 1 fully saturated rings. The Morgan fingerprint density at radius 1 is 0.812 bits per heavy atom. The molecule has 0 radical (unpaired) electrons. The van der Waals surface area contributed by atoms with Crippen molar-refractivity contribution in [3.8, 4) is 5.75 Å². The van der Waals surface area contributed by atoms with Crippen LogP contribution in [0.2, 0.25) is 0 Å². The molecule has 7 heteroatoms. The van der Waals surface area contributed by atoms with Crippen LogP contribution in [0.4, 0.5) is 5.69 Å². The standard InChI is InChI=1S/C25H31N3O4/c1-2-3-4-5-6-17-32-22-15-11-20(12-16-22)25(31)28-27-24(30)19-9-13-21(14-10-19)26-23(29)18-7-8-18/h9-16,18H,2-8,17H2,1H3,(H,26,29)(H,27,30)(H,28,31). The molecular weight excluding hydrogens is 406 g/mol. The van der Waals surface area contributed by atoms with E-state index in [1.165, 1.54) is 19.3 Å². The zero-order valence-electron chi connectivity index (χ0n) is 18.5. The van der Waals surface area contributed by atoms with Crippen molar-refractivity contribution in [2.45, 2.75) is 51.9 Å². The fourth-order valence-electron chi connectivity index (χ4n) is 3.15. The molecule has 1 aliphatic carbocycles. The van der Waals surface area contributed by atoms with Gasteiger partial charge in [-0.3, -0.25) is 25.2 Å². The van der Waals surface area contributed by atoms with E-state index >= 15 is 0 Å². The predicted molar refractivity (Wildman–Crippen MR) is 123 cm³/mol. The lowest BCUT2D eigenvalue weighted by molar-refractivity contribution is -0.117. The Morgan fingerprint density at radius 3 is 1.94 bits per heavy atom. The van der Waals surface area contributed by atoms with Gasteiger partial charge in [-0.25, -0.2) is 0 Å². The van der Waals surface area contributed by atoms with E-state index in [0.29, 0.717) is 23.4 Å². The predicted octanol–water partition coefficient (Wildman–Crippen LogP) is 4.46. The van der Waals surface area contributed by atoms with E-state index in [1.54, 1.807) is 48.5 Å². The lowest BCUT2D eigenvalue weighted by Gasteiger charge is -2.10. The molecule has 2 aromatic carbocycles. The average Bonchev–Trinajstić information content (AvgIpc) is 3.66. The smallest absolute Gasteiger partial charge is 0.269 e. The van der Waals surface area contributed by atoms with Crippen molar-refractivity contribution >= 4 is 23.4 Å². The van der Waals surface area contributed by atoms with Gasteiger partial charge in [-0.1, -0.05) is 32.6 Å². The summed E-state index contributed by atoms with van der Waals surface area (Å²) in [5, 5.41) is 2.82. The molecule has 1 saturated carbocycles. The summed E-state index contributed by atoms with van der Waals surface area (Å²) in [5.74, 6) is -0.0172. The van der Waals surface area contributed by atoms with Crippen LogP contribution in [0.5, 0.6) is 5.75 Å². The molecule has 0 bridgehead atoms. The van der Waals surface area contributed by atoms with Crippen molar-refractivity contribution < 1.29 is 19.1 Å². The third kappa shape index (κ3) is 7.41. The molecule has 32 heavy (non-hydrogen) atoms. The number of amides is 3. The second-order valence-electron chi connectivity index (χ2n) is 8.04. The van der Waals surface area contributed by atoms with E-state index in [0.717, 1.165) is 31.4 Å². The third-order valence-corrected chi connectivity index (χ3v) is 5.29. The monoisotopic (exact) mass is 437 g/mol. The SMILES string of the molecule is CCCCCCCOc1ccc(C(=O)NNC(=O)c2ccc(NC(=O)C3CC3)cc2)cc1. The first kappa shape index (κ1) is 23.3. The molecule has 7 nitrogen and oxygen atoms in total. The molecule has 0 saturated heterocycles. The number of carbonyl (C=O) groups is 3. The number of anilines is 1. The lowest BCUT2D eigenvalue weighted by atomic mass is 10.2. The summed E-state index contributed by atoms with van der Waals surface area (Å²) in [6.07, 6.45) is 7.74. The first-order chi connectivity index (χ1) is 15.6. The van der Waals surface area contributed by atoms with Crippen molar-refractivity contribution in [3.63, 3.8) is 0 Å². The summed E-state index contributed by atoms with van der Waals surface area (Å²) in [5.41, 5.74) is 6.24. The topological polar surface area (TPSA) is 96.5 Å². The van der Waals surface area contributed by atoms with Crippen molar-refractivity contribution in [2.75, 3.05) is 11.9 Å². The highest BCUT2D eigenvalue weighted by Crippen LogP contribution is 2.30. The highest BCUT2D eigenvalue weighted by atomic mass is 16.5. The fourth-order valence-corrected chi connectivity index (χ4v) is 3.15. The third-order valence-electron chi connectivity index (χ3n) is 5.29. The van der Waals surface area contributed by atoms with Gasteiger partial charge in [0.15, 0.2) is 0 Å². The molecular formula is C25H31N3O4. The highest BCUT2D eigenvalue weighted by molar-refractivity contribution is 5.99. The van der Waals surface area contributed by atoms with Crippen LogP contribution in [0.3, 0.4) is 0 Å². The Kier molecular flexibility index (Phi) is 8.66. The summed E-state index contributed by atoms with van der Waals surface area (Å²) in [6, 6.07) is 13.3. The van der Waals surface area contributed by atoms with E-state index in [9.17, 15) is 14.4 Å². The zero-order valence-corrected chi connectivity index (χ0v) is 18.5. The molecule has 0 aromatic heterocycles. The molecule has 3 amide bonds. The van der Waals surface area contributed by atoms with Crippen LogP contribution in [0.25, 0.3) is 0 Å². The summed E-state index contributed by atoms with van der Waals surface area (Å²) >= 11 is 0. The van der Waals surface area contributed by atoms with Crippen molar-refractivity contribution in [3.05, 3.63) is 59.7 Å². The van der Waals surface area contributed by atoms with Crippen molar-refractivity contribution in [1.29, 1.82) is 0 Å². The highest BCUT2D eigenvalue weighted by Gasteiger charge is 2.29. The van der Waals surface area contributed by atoms with Crippen LogP contribution < -0.4 is 20.9 Å². The molecule has 0 unspecified atom stereocenters. The first-order valence-corrected chi connectivity index (χ1v) is 11.3. The van der Waals surface area contributed by atoms with Crippen molar-refractivity contribution in [2.24, 2.45) is 5.92 Å². The largest absolute Gasteiger partial charge is 0.494 e. The Morgan fingerprint density at radius 2 is 1.38 bits per heavy atom. The van der Waals surface area contributed by atoms with E-state index in [2.05, 4.69) is 23.1 Å². The number of hydrazine groups is 1. The van der Waals surface area contributed by atoms with Gasteiger partial charge in [0.05, 0.1) is 6.61 Å². The van der Waals surface area contributed by atoms with Gasteiger partial charge < -0.3 is 10.1 Å².